The number of pyridine rings is 1. The largest absolute Gasteiger partial charge is 0.462 e. The first kappa shape index (κ1) is 16.2. The maximum absolute atomic E-state index is 11.7. The third-order valence-corrected chi connectivity index (χ3v) is 4.67. The van der Waals surface area contributed by atoms with Gasteiger partial charge in [-0.25, -0.2) is 9.78 Å². The van der Waals surface area contributed by atoms with Crippen LogP contribution in [0.1, 0.15) is 24.2 Å². The Hall–Kier alpha value is -1.66. The Morgan fingerprint density at radius 2 is 2.13 bits per heavy atom. The van der Waals surface area contributed by atoms with Gasteiger partial charge >= 0.3 is 5.97 Å². The molecule has 2 aliphatic heterocycles. The lowest BCUT2D eigenvalue weighted by Gasteiger charge is -2.34. The summed E-state index contributed by atoms with van der Waals surface area (Å²) in [6.07, 6.45) is 1.61. The molecule has 0 aromatic carbocycles. The van der Waals surface area contributed by atoms with Crippen LogP contribution in [0, 0.1) is 5.92 Å². The zero-order valence-electron chi connectivity index (χ0n) is 13.9. The summed E-state index contributed by atoms with van der Waals surface area (Å²) in [5, 5.41) is 0. The van der Waals surface area contributed by atoms with E-state index in [4.69, 9.17) is 9.47 Å². The van der Waals surface area contributed by atoms with Crippen molar-refractivity contribution in [3.63, 3.8) is 0 Å². The van der Waals surface area contributed by atoms with E-state index < -0.39 is 0 Å². The lowest BCUT2D eigenvalue weighted by molar-refractivity contribution is 0.0134. The highest BCUT2D eigenvalue weighted by atomic mass is 16.5. The fraction of sp³-hybridized carbons (Fsp3) is 0.647. The predicted molar refractivity (Wildman–Crippen MR) is 87.8 cm³/mol. The summed E-state index contributed by atoms with van der Waals surface area (Å²) in [4.78, 5) is 21.0. The summed E-state index contributed by atoms with van der Waals surface area (Å²) in [7, 11) is 0. The van der Waals surface area contributed by atoms with E-state index in [1.54, 1.807) is 19.2 Å². The van der Waals surface area contributed by atoms with E-state index in [1.165, 1.54) is 0 Å². The standard InChI is InChI=1S/C17H25N3O3/c1-3-23-17(21)14-4-5-16(18-10-14)20-11-13(2)15(12-20)19-6-8-22-9-7-19/h4-5,10,13,15H,3,6-9,11-12H2,1-2H3. The second kappa shape index (κ2) is 7.27. The van der Waals surface area contributed by atoms with Gasteiger partial charge in [0, 0.05) is 38.4 Å². The van der Waals surface area contributed by atoms with Crippen LogP contribution in [0.4, 0.5) is 5.82 Å². The van der Waals surface area contributed by atoms with Crippen LogP contribution < -0.4 is 4.90 Å². The number of hydrogen-bond donors (Lipinski definition) is 0. The molecule has 0 amide bonds. The maximum atomic E-state index is 11.7. The van der Waals surface area contributed by atoms with Crippen LogP contribution in [0.5, 0.6) is 0 Å². The van der Waals surface area contributed by atoms with E-state index >= 15 is 0 Å². The van der Waals surface area contributed by atoms with Crippen molar-refractivity contribution in [2.45, 2.75) is 19.9 Å². The molecule has 2 fully saturated rings. The lowest BCUT2D eigenvalue weighted by atomic mass is 10.0. The van der Waals surface area contributed by atoms with Gasteiger partial charge in [-0.15, -0.1) is 0 Å². The van der Waals surface area contributed by atoms with Crippen LogP contribution >= 0.6 is 0 Å². The number of anilines is 1. The van der Waals surface area contributed by atoms with E-state index in [9.17, 15) is 4.79 Å². The lowest BCUT2D eigenvalue weighted by Crippen LogP contribution is -2.46. The highest BCUT2D eigenvalue weighted by Crippen LogP contribution is 2.26. The first-order valence-corrected chi connectivity index (χ1v) is 8.39. The molecule has 0 spiro atoms. The van der Waals surface area contributed by atoms with E-state index in [-0.39, 0.29) is 5.97 Å². The number of ether oxygens (including phenoxy) is 2. The molecule has 6 nitrogen and oxygen atoms in total. The fourth-order valence-electron chi connectivity index (χ4n) is 3.43. The molecule has 126 valence electrons. The number of hydrogen-bond acceptors (Lipinski definition) is 6. The zero-order chi connectivity index (χ0) is 16.2. The molecule has 0 saturated carbocycles. The summed E-state index contributed by atoms with van der Waals surface area (Å²) in [6, 6.07) is 4.26. The minimum atomic E-state index is -0.312. The van der Waals surface area contributed by atoms with Crippen molar-refractivity contribution in [2.75, 3.05) is 50.9 Å². The molecule has 1 aromatic rings. The third-order valence-electron chi connectivity index (χ3n) is 4.67. The van der Waals surface area contributed by atoms with Crippen LogP contribution in [0.25, 0.3) is 0 Å². The highest BCUT2D eigenvalue weighted by Gasteiger charge is 2.35. The van der Waals surface area contributed by atoms with Crippen LogP contribution in [0.3, 0.4) is 0 Å². The van der Waals surface area contributed by atoms with E-state index in [1.807, 2.05) is 6.07 Å². The number of carbonyl (C=O) groups excluding carboxylic acids is 1. The molecule has 3 rings (SSSR count). The number of esters is 1. The SMILES string of the molecule is CCOC(=O)c1ccc(N2CC(C)C(N3CCOCC3)C2)nc1. The molecule has 0 bridgehead atoms. The molecular weight excluding hydrogens is 294 g/mol. The Bertz CT molecular complexity index is 528. The van der Waals surface area contributed by atoms with Crippen molar-refractivity contribution in [3.05, 3.63) is 23.9 Å². The molecule has 0 radical (unpaired) electrons. The Morgan fingerprint density at radius 3 is 2.78 bits per heavy atom. The summed E-state index contributed by atoms with van der Waals surface area (Å²) in [5.41, 5.74) is 0.507. The van der Waals surface area contributed by atoms with Crippen LogP contribution in [-0.4, -0.2) is 67.9 Å². The first-order valence-electron chi connectivity index (χ1n) is 8.39. The average Bonchev–Trinajstić information content (AvgIpc) is 2.98. The smallest absolute Gasteiger partial charge is 0.339 e. The highest BCUT2D eigenvalue weighted by molar-refractivity contribution is 5.89. The Morgan fingerprint density at radius 1 is 1.35 bits per heavy atom. The van der Waals surface area contributed by atoms with Gasteiger partial charge in [-0.05, 0) is 25.0 Å². The van der Waals surface area contributed by atoms with Gasteiger partial charge in [0.15, 0.2) is 0 Å². The minimum Gasteiger partial charge on any atom is -0.462 e. The average molecular weight is 319 g/mol. The number of carbonyl (C=O) groups is 1. The third kappa shape index (κ3) is 3.64. The second-order valence-corrected chi connectivity index (χ2v) is 6.22. The van der Waals surface area contributed by atoms with Crippen molar-refractivity contribution in [1.29, 1.82) is 0 Å². The van der Waals surface area contributed by atoms with Gasteiger partial charge in [-0.3, -0.25) is 4.90 Å². The molecule has 0 aliphatic carbocycles. The number of nitrogens with zero attached hydrogens (tertiary/aromatic N) is 3. The normalized spacial score (nSPS) is 25.6. The summed E-state index contributed by atoms with van der Waals surface area (Å²) in [5.74, 6) is 1.22. The Kier molecular flexibility index (Phi) is 5.13. The first-order chi connectivity index (χ1) is 11.2. The molecule has 2 aliphatic rings. The molecule has 2 unspecified atom stereocenters. The van der Waals surface area contributed by atoms with Crippen molar-refractivity contribution in [2.24, 2.45) is 5.92 Å². The van der Waals surface area contributed by atoms with Crippen LogP contribution in [0.15, 0.2) is 18.3 Å². The van der Waals surface area contributed by atoms with Gasteiger partial charge in [0.05, 0.1) is 25.4 Å². The van der Waals surface area contributed by atoms with Crippen LogP contribution in [0.2, 0.25) is 0 Å². The number of morpholine rings is 1. The van der Waals surface area contributed by atoms with Gasteiger partial charge < -0.3 is 14.4 Å². The molecule has 2 saturated heterocycles. The summed E-state index contributed by atoms with van der Waals surface area (Å²) < 4.78 is 10.4. The molecule has 23 heavy (non-hydrogen) atoms. The van der Waals surface area contributed by atoms with Gasteiger partial charge in [0.25, 0.3) is 0 Å². The summed E-state index contributed by atoms with van der Waals surface area (Å²) in [6.45, 7) is 10.1. The van der Waals surface area contributed by atoms with Gasteiger partial charge in [0.2, 0.25) is 0 Å². The zero-order valence-corrected chi connectivity index (χ0v) is 13.9. The molecule has 3 heterocycles. The molecular formula is C17H25N3O3. The van der Waals surface area contributed by atoms with Crippen molar-refractivity contribution in [1.82, 2.24) is 9.88 Å². The topological polar surface area (TPSA) is 54.9 Å². The predicted octanol–water partition coefficient (Wildman–Crippen LogP) is 1.42. The summed E-state index contributed by atoms with van der Waals surface area (Å²) >= 11 is 0. The van der Waals surface area contributed by atoms with Gasteiger partial charge in [-0.2, -0.15) is 0 Å². The monoisotopic (exact) mass is 319 g/mol. The fourth-order valence-corrected chi connectivity index (χ4v) is 3.43. The van der Waals surface area contributed by atoms with Gasteiger partial charge in [-0.1, -0.05) is 6.92 Å². The van der Waals surface area contributed by atoms with Crippen molar-refractivity contribution < 1.29 is 14.3 Å². The van der Waals surface area contributed by atoms with E-state index in [0.29, 0.717) is 24.1 Å². The Labute approximate surface area is 137 Å². The quantitative estimate of drug-likeness (QED) is 0.782. The van der Waals surface area contributed by atoms with Crippen molar-refractivity contribution in [3.8, 4) is 0 Å². The van der Waals surface area contributed by atoms with Crippen LogP contribution in [-0.2, 0) is 9.47 Å². The van der Waals surface area contributed by atoms with Gasteiger partial charge in [0.1, 0.15) is 5.82 Å². The number of aromatic nitrogens is 1. The molecule has 6 heteroatoms. The molecule has 2 atom stereocenters. The maximum Gasteiger partial charge on any atom is 0.339 e. The van der Waals surface area contributed by atoms with E-state index in [2.05, 4.69) is 21.7 Å². The minimum absolute atomic E-state index is 0.312. The van der Waals surface area contributed by atoms with E-state index in [0.717, 1.165) is 45.2 Å². The molecule has 1 aromatic heterocycles. The second-order valence-electron chi connectivity index (χ2n) is 6.22. The number of rotatable bonds is 4. The molecule has 0 N–H and O–H groups in total. The van der Waals surface area contributed by atoms with Crippen molar-refractivity contribution >= 4 is 11.8 Å². The Balaban J connectivity index is 1.64.